The normalized spacial score (nSPS) is 15.3. The molecule has 0 radical (unpaired) electrons. The molecule has 0 aliphatic carbocycles. The Morgan fingerprint density at radius 3 is 2.55 bits per heavy atom. The van der Waals surface area contributed by atoms with E-state index in [0.29, 0.717) is 39.4 Å². The number of rotatable bonds is 9. The van der Waals surface area contributed by atoms with E-state index in [4.69, 9.17) is 14.5 Å². The van der Waals surface area contributed by atoms with E-state index in [2.05, 4.69) is 11.6 Å². The summed E-state index contributed by atoms with van der Waals surface area (Å²) in [4.78, 5) is 38.7. The van der Waals surface area contributed by atoms with Crippen molar-refractivity contribution in [3.63, 3.8) is 0 Å². The van der Waals surface area contributed by atoms with Gasteiger partial charge in [0.15, 0.2) is 22.4 Å². The molecule has 1 atom stereocenters. The van der Waals surface area contributed by atoms with Gasteiger partial charge in [0, 0.05) is 0 Å². The number of aryl methyl sites for hydroxylation is 4. The fraction of sp³-hybridized carbons (Fsp3) is 0.267. The number of aliphatic hydroxyl groups excluding tert-OH is 1. The summed E-state index contributed by atoms with van der Waals surface area (Å²) in [6, 6.07) is 8.35. The van der Waals surface area contributed by atoms with Crippen LogP contribution in [0.25, 0.3) is 10.2 Å². The molecular formula is C30H29N3O5S2. The van der Waals surface area contributed by atoms with Crippen LogP contribution < -0.4 is 14.4 Å². The molecule has 0 bridgehead atoms. The lowest BCUT2D eigenvalue weighted by atomic mass is 9.95. The lowest BCUT2D eigenvalue weighted by Crippen LogP contribution is -2.31. The second kappa shape index (κ2) is 10.9. The molecule has 0 saturated carbocycles. The van der Waals surface area contributed by atoms with Crippen molar-refractivity contribution in [2.24, 2.45) is 0 Å². The highest BCUT2D eigenvalue weighted by molar-refractivity contribution is 7.22. The average Bonchev–Trinajstić information content (AvgIpc) is 3.56. The zero-order valence-electron chi connectivity index (χ0n) is 22.9. The first-order valence-corrected chi connectivity index (χ1v) is 14.4. The molecule has 206 valence electrons. The Bertz CT molecular complexity index is 1700. The quantitative estimate of drug-likeness (QED) is 0.174. The first-order chi connectivity index (χ1) is 19.1. The summed E-state index contributed by atoms with van der Waals surface area (Å²) in [6.45, 7) is 13.8. The van der Waals surface area contributed by atoms with Crippen LogP contribution in [-0.2, 0) is 4.79 Å². The van der Waals surface area contributed by atoms with Crippen LogP contribution in [0.1, 0.15) is 50.0 Å². The Morgan fingerprint density at radius 1 is 1.10 bits per heavy atom. The van der Waals surface area contributed by atoms with E-state index < -0.39 is 23.5 Å². The second-order valence-corrected chi connectivity index (χ2v) is 11.7. The summed E-state index contributed by atoms with van der Waals surface area (Å²) in [6.07, 6.45) is 1.63. The topological polar surface area (TPSA) is 102 Å². The summed E-state index contributed by atoms with van der Waals surface area (Å²) < 4.78 is 12.5. The number of benzene rings is 2. The van der Waals surface area contributed by atoms with Gasteiger partial charge < -0.3 is 14.6 Å². The lowest BCUT2D eigenvalue weighted by Gasteiger charge is -2.25. The van der Waals surface area contributed by atoms with Gasteiger partial charge in [0.05, 0.1) is 44.0 Å². The van der Waals surface area contributed by atoms with E-state index >= 15 is 0 Å². The van der Waals surface area contributed by atoms with Crippen LogP contribution in [0.2, 0.25) is 0 Å². The van der Waals surface area contributed by atoms with E-state index in [-0.39, 0.29) is 12.2 Å². The van der Waals surface area contributed by atoms with Gasteiger partial charge in [-0.3, -0.25) is 14.5 Å². The second-order valence-electron chi connectivity index (χ2n) is 9.48. The molecule has 1 unspecified atom stereocenters. The number of carbonyl (C=O) groups excluding carboxylic acids is 2. The molecule has 0 saturated heterocycles. The third-order valence-electron chi connectivity index (χ3n) is 6.53. The predicted octanol–water partition coefficient (Wildman–Crippen LogP) is 6.73. The van der Waals surface area contributed by atoms with Gasteiger partial charge in [-0.25, -0.2) is 9.97 Å². The standard InChI is InChI=1S/C30H29N3O5S2/c1-7-11-38-20-10-9-19(14-21(20)37-8-2)25-23(26(34)28-17(5)31-18(6)39-28)27(35)29(36)33(25)30-32-24-16(4)12-15(3)13-22(24)40-30/h7,9-10,12-14,25,35H,1,8,11H2,2-6H3. The Balaban J connectivity index is 1.70. The van der Waals surface area contributed by atoms with Gasteiger partial charge in [-0.2, -0.15) is 0 Å². The van der Waals surface area contributed by atoms with Crippen LogP contribution in [0, 0.1) is 27.7 Å². The number of ketones is 1. The van der Waals surface area contributed by atoms with Crippen molar-refractivity contribution < 1.29 is 24.2 Å². The van der Waals surface area contributed by atoms with Crippen molar-refractivity contribution >= 4 is 49.7 Å². The predicted molar refractivity (Wildman–Crippen MR) is 158 cm³/mol. The molecular weight excluding hydrogens is 546 g/mol. The number of amides is 1. The van der Waals surface area contributed by atoms with E-state index in [0.717, 1.165) is 26.4 Å². The van der Waals surface area contributed by atoms with Crippen molar-refractivity contribution in [1.29, 1.82) is 0 Å². The highest BCUT2D eigenvalue weighted by atomic mass is 32.1. The zero-order valence-corrected chi connectivity index (χ0v) is 24.5. The Hall–Kier alpha value is -4.02. The third kappa shape index (κ3) is 4.77. The molecule has 8 nitrogen and oxygen atoms in total. The number of carbonyl (C=O) groups is 2. The van der Waals surface area contributed by atoms with Crippen molar-refractivity contribution in [2.75, 3.05) is 18.1 Å². The Kier molecular flexibility index (Phi) is 7.48. The van der Waals surface area contributed by atoms with Crippen LogP contribution in [0.5, 0.6) is 11.5 Å². The van der Waals surface area contributed by atoms with Gasteiger partial charge >= 0.3 is 0 Å². The number of aliphatic hydroxyl groups is 1. The summed E-state index contributed by atoms with van der Waals surface area (Å²) in [5.74, 6) is -0.779. The highest BCUT2D eigenvalue weighted by Crippen LogP contribution is 2.46. The van der Waals surface area contributed by atoms with Crippen molar-refractivity contribution in [3.05, 3.63) is 86.6 Å². The van der Waals surface area contributed by atoms with Gasteiger partial charge in [-0.1, -0.05) is 36.1 Å². The number of hydrogen-bond acceptors (Lipinski definition) is 9. The van der Waals surface area contributed by atoms with Crippen LogP contribution >= 0.6 is 22.7 Å². The molecule has 4 aromatic rings. The number of nitrogens with zero attached hydrogens (tertiary/aromatic N) is 3. The maximum absolute atomic E-state index is 14.0. The monoisotopic (exact) mass is 575 g/mol. The van der Waals surface area contributed by atoms with Crippen molar-refractivity contribution in [3.8, 4) is 11.5 Å². The number of anilines is 1. The Morgan fingerprint density at radius 2 is 1.88 bits per heavy atom. The smallest absolute Gasteiger partial charge is 0.296 e. The van der Waals surface area contributed by atoms with Crippen molar-refractivity contribution in [1.82, 2.24) is 9.97 Å². The molecule has 2 aromatic carbocycles. The number of thiazole rings is 2. The SMILES string of the molecule is C=CCOc1ccc(C2C(C(=O)c3sc(C)nc3C)=C(O)C(=O)N2c2nc3c(C)cc(C)cc3s2)cc1OCC. The largest absolute Gasteiger partial charge is 0.503 e. The molecule has 0 fully saturated rings. The molecule has 10 heteroatoms. The summed E-state index contributed by atoms with van der Waals surface area (Å²) in [5, 5.41) is 12.3. The molecule has 1 N–H and O–H groups in total. The fourth-order valence-corrected chi connectivity index (χ4v) is 6.95. The molecule has 1 aliphatic heterocycles. The highest BCUT2D eigenvalue weighted by Gasteiger charge is 2.47. The van der Waals surface area contributed by atoms with E-state index in [1.165, 1.54) is 27.6 Å². The minimum absolute atomic E-state index is 0.0221. The van der Waals surface area contributed by atoms with E-state index in [9.17, 15) is 14.7 Å². The molecule has 0 spiro atoms. The van der Waals surface area contributed by atoms with Gasteiger partial charge in [0.25, 0.3) is 5.91 Å². The molecule has 3 heterocycles. The number of ether oxygens (including phenoxy) is 2. The van der Waals surface area contributed by atoms with E-state index in [1.807, 2.05) is 39.8 Å². The number of Topliss-reactive ketones (excluding diaryl/α,β-unsaturated/α-hetero) is 1. The summed E-state index contributed by atoms with van der Waals surface area (Å²) in [5.41, 5.74) is 3.92. The minimum atomic E-state index is -0.948. The maximum Gasteiger partial charge on any atom is 0.296 e. The Labute approximate surface area is 240 Å². The molecule has 1 aliphatic rings. The zero-order chi connectivity index (χ0) is 28.7. The molecule has 2 aromatic heterocycles. The van der Waals surface area contributed by atoms with Gasteiger partial charge in [-0.05, 0) is 69.5 Å². The number of aromatic nitrogens is 2. The minimum Gasteiger partial charge on any atom is -0.503 e. The molecule has 5 rings (SSSR count). The summed E-state index contributed by atoms with van der Waals surface area (Å²) >= 11 is 2.57. The molecule has 1 amide bonds. The fourth-order valence-electron chi connectivity index (χ4n) is 4.91. The van der Waals surface area contributed by atoms with Gasteiger partial charge in [0.2, 0.25) is 5.78 Å². The lowest BCUT2D eigenvalue weighted by molar-refractivity contribution is -0.117. The van der Waals surface area contributed by atoms with Crippen LogP contribution in [0.15, 0.2) is 54.3 Å². The number of fused-ring (bicyclic) bond motifs is 1. The van der Waals surface area contributed by atoms with Crippen LogP contribution in [-0.4, -0.2) is 40.0 Å². The van der Waals surface area contributed by atoms with Crippen molar-refractivity contribution in [2.45, 2.75) is 40.7 Å². The van der Waals surface area contributed by atoms with Crippen LogP contribution in [0.4, 0.5) is 5.13 Å². The van der Waals surface area contributed by atoms with E-state index in [1.54, 1.807) is 31.2 Å². The average molecular weight is 576 g/mol. The number of hydrogen-bond donors (Lipinski definition) is 1. The van der Waals surface area contributed by atoms with Crippen LogP contribution in [0.3, 0.4) is 0 Å². The first kappa shape index (κ1) is 27.5. The maximum atomic E-state index is 14.0. The van der Waals surface area contributed by atoms with Gasteiger partial charge in [0.1, 0.15) is 6.61 Å². The third-order valence-corrected chi connectivity index (χ3v) is 8.60. The van der Waals surface area contributed by atoms with Gasteiger partial charge in [-0.15, -0.1) is 11.3 Å². The summed E-state index contributed by atoms with van der Waals surface area (Å²) in [7, 11) is 0. The first-order valence-electron chi connectivity index (χ1n) is 12.8. The molecule has 40 heavy (non-hydrogen) atoms.